The smallest absolute Gasteiger partial charge is 0.117 e. The number of hydrogen-bond acceptors (Lipinski definition) is 3. The van der Waals surface area contributed by atoms with E-state index in [0.29, 0.717) is 0 Å². The lowest BCUT2D eigenvalue weighted by Crippen LogP contribution is -2.28. The summed E-state index contributed by atoms with van der Waals surface area (Å²) in [6, 6.07) is 12.4. The summed E-state index contributed by atoms with van der Waals surface area (Å²) in [7, 11) is 2.11. The van der Waals surface area contributed by atoms with Crippen molar-refractivity contribution in [3.63, 3.8) is 0 Å². The van der Waals surface area contributed by atoms with Gasteiger partial charge in [-0.15, -0.1) is 0 Å². The maximum absolute atomic E-state index is 5.26. The summed E-state index contributed by atoms with van der Waals surface area (Å²) in [4.78, 5) is 2.25. The molecule has 1 aromatic heterocycles. The van der Waals surface area contributed by atoms with Gasteiger partial charge in [0, 0.05) is 25.8 Å². The largest absolute Gasteiger partial charge is 0.468 e. The van der Waals surface area contributed by atoms with Gasteiger partial charge in [-0.25, -0.2) is 0 Å². The predicted molar refractivity (Wildman–Crippen MR) is 74.9 cm³/mol. The van der Waals surface area contributed by atoms with Crippen LogP contribution in [0.1, 0.15) is 11.3 Å². The van der Waals surface area contributed by atoms with Crippen LogP contribution in [0.4, 0.5) is 5.69 Å². The number of hydrogen-bond donors (Lipinski definition) is 1. The Bertz CT molecular complexity index is 465. The number of nitrogens with zero attached hydrogens (tertiary/aromatic N) is 1. The van der Waals surface area contributed by atoms with E-state index >= 15 is 0 Å². The minimum Gasteiger partial charge on any atom is -0.468 e. The fourth-order valence-electron chi connectivity index (χ4n) is 1.87. The van der Waals surface area contributed by atoms with E-state index in [1.807, 2.05) is 12.1 Å². The number of anilines is 1. The lowest BCUT2D eigenvalue weighted by molar-refractivity contribution is 0.484. The first-order chi connectivity index (χ1) is 8.75. The Balaban J connectivity index is 1.73. The summed E-state index contributed by atoms with van der Waals surface area (Å²) in [6.07, 6.45) is 1.70. The summed E-state index contributed by atoms with van der Waals surface area (Å²) in [5, 5.41) is 3.37. The molecule has 2 rings (SSSR count). The third-order valence-electron chi connectivity index (χ3n) is 2.95. The van der Waals surface area contributed by atoms with Gasteiger partial charge in [0.25, 0.3) is 0 Å². The first kappa shape index (κ1) is 12.7. The Hall–Kier alpha value is -1.74. The van der Waals surface area contributed by atoms with Gasteiger partial charge in [0.1, 0.15) is 5.76 Å². The van der Waals surface area contributed by atoms with Gasteiger partial charge in [0.15, 0.2) is 0 Å². The molecule has 0 aliphatic heterocycles. The van der Waals surface area contributed by atoms with Crippen LogP contribution in [-0.2, 0) is 6.54 Å². The maximum Gasteiger partial charge on any atom is 0.117 e. The molecule has 2 aromatic rings. The summed E-state index contributed by atoms with van der Waals surface area (Å²) in [5.41, 5.74) is 2.55. The van der Waals surface area contributed by atoms with E-state index in [4.69, 9.17) is 4.42 Å². The van der Waals surface area contributed by atoms with Crippen LogP contribution in [0.3, 0.4) is 0 Å². The van der Waals surface area contributed by atoms with Gasteiger partial charge < -0.3 is 14.6 Å². The van der Waals surface area contributed by atoms with E-state index in [-0.39, 0.29) is 0 Å². The molecule has 1 aromatic carbocycles. The molecule has 1 heterocycles. The average Bonchev–Trinajstić information content (AvgIpc) is 2.87. The van der Waals surface area contributed by atoms with Crippen molar-refractivity contribution in [3.05, 3.63) is 54.0 Å². The lowest BCUT2D eigenvalue weighted by Gasteiger charge is -2.19. The van der Waals surface area contributed by atoms with E-state index in [0.717, 1.165) is 25.4 Å². The van der Waals surface area contributed by atoms with Gasteiger partial charge in [-0.2, -0.15) is 0 Å². The maximum atomic E-state index is 5.26. The number of furan rings is 1. The van der Waals surface area contributed by atoms with Crippen molar-refractivity contribution in [2.75, 3.05) is 25.0 Å². The zero-order valence-electron chi connectivity index (χ0n) is 11.0. The number of nitrogens with one attached hydrogen (secondary N) is 1. The predicted octanol–water partition coefficient (Wildman–Crippen LogP) is 2.81. The monoisotopic (exact) mass is 244 g/mol. The molecule has 3 heteroatoms. The summed E-state index contributed by atoms with van der Waals surface area (Å²) < 4.78 is 5.26. The van der Waals surface area contributed by atoms with Crippen LogP contribution in [0.15, 0.2) is 47.1 Å². The average molecular weight is 244 g/mol. The van der Waals surface area contributed by atoms with Crippen molar-refractivity contribution in [1.29, 1.82) is 0 Å². The zero-order valence-corrected chi connectivity index (χ0v) is 11.0. The molecule has 3 nitrogen and oxygen atoms in total. The molecule has 0 bridgehead atoms. The molecule has 0 saturated carbocycles. The van der Waals surface area contributed by atoms with Gasteiger partial charge in [0.05, 0.1) is 12.8 Å². The fourth-order valence-corrected chi connectivity index (χ4v) is 1.87. The van der Waals surface area contributed by atoms with E-state index in [2.05, 4.69) is 48.5 Å². The lowest BCUT2D eigenvalue weighted by atomic mass is 10.2. The quantitative estimate of drug-likeness (QED) is 0.792. The molecule has 18 heavy (non-hydrogen) atoms. The highest BCUT2D eigenvalue weighted by molar-refractivity contribution is 5.47. The van der Waals surface area contributed by atoms with Gasteiger partial charge in [-0.3, -0.25) is 0 Å². The van der Waals surface area contributed by atoms with E-state index in [1.165, 1.54) is 11.3 Å². The topological polar surface area (TPSA) is 28.4 Å². The first-order valence-electron chi connectivity index (χ1n) is 6.26. The second kappa shape index (κ2) is 6.26. The van der Waals surface area contributed by atoms with Crippen molar-refractivity contribution in [2.45, 2.75) is 13.5 Å². The summed E-state index contributed by atoms with van der Waals surface area (Å²) in [5.74, 6) is 0.980. The molecule has 0 saturated heterocycles. The summed E-state index contributed by atoms with van der Waals surface area (Å²) >= 11 is 0. The zero-order chi connectivity index (χ0) is 12.8. The Morgan fingerprint density at radius 3 is 2.83 bits per heavy atom. The number of likely N-dealkylation sites (N-methyl/N-ethyl adjacent to an activating group) is 1. The van der Waals surface area contributed by atoms with Crippen LogP contribution in [0.5, 0.6) is 0 Å². The Morgan fingerprint density at radius 2 is 2.11 bits per heavy atom. The van der Waals surface area contributed by atoms with Gasteiger partial charge in [-0.05, 0) is 36.8 Å². The van der Waals surface area contributed by atoms with Crippen molar-refractivity contribution >= 4 is 5.69 Å². The second-order valence-electron chi connectivity index (χ2n) is 4.52. The second-order valence-corrected chi connectivity index (χ2v) is 4.52. The number of rotatable bonds is 6. The molecule has 0 aliphatic rings. The summed E-state index contributed by atoms with van der Waals surface area (Å²) in [6.45, 7) is 4.82. The van der Waals surface area contributed by atoms with Gasteiger partial charge in [-0.1, -0.05) is 12.1 Å². The first-order valence-corrected chi connectivity index (χ1v) is 6.26. The third kappa shape index (κ3) is 3.64. The molecule has 96 valence electrons. The third-order valence-corrected chi connectivity index (χ3v) is 2.95. The van der Waals surface area contributed by atoms with Crippen LogP contribution in [0, 0.1) is 6.92 Å². The molecule has 0 aliphatic carbocycles. The van der Waals surface area contributed by atoms with Crippen LogP contribution in [0.2, 0.25) is 0 Å². The highest BCUT2D eigenvalue weighted by Gasteiger charge is 2.00. The molecule has 0 spiro atoms. The Morgan fingerprint density at radius 1 is 1.22 bits per heavy atom. The standard InChI is InChI=1S/C15H20N2O/c1-13-5-3-6-14(11-13)17(2)9-8-16-12-15-7-4-10-18-15/h3-7,10-11,16H,8-9,12H2,1-2H3. The van der Waals surface area contributed by atoms with Crippen LogP contribution in [0.25, 0.3) is 0 Å². The molecule has 0 unspecified atom stereocenters. The molecule has 0 fully saturated rings. The Labute approximate surface area is 108 Å². The van der Waals surface area contributed by atoms with Crippen LogP contribution >= 0.6 is 0 Å². The Kier molecular flexibility index (Phi) is 4.42. The normalized spacial score (nSPS) is 10.6. The van der Waals surface area contributed by atoms with Crippen molar-refractivity contribution < 1.29 is 4.42 Å². The minimum atomic E-state index is 0.786. The van der Waals surface area contributed by atoms with E-state index in [9.17, 15) is 0 Å². The number of benzene rings is 1. The van der Waals surface area contributed by atoms with Crippen molar-refractivity contribution in [2.24, 2.45) is 0 Å². The highest BCUT2D eigenvalue weighted by atomic mass is 16.3. The SMILES string of the molecule is Cc1cccc(N(C)CCNCc2ccco2)c1. The molecule has 0 radical (unpaired) electrons. The van der Waals surface area contributed by atoms with Crippen LogP contribution in [-0.4, -0.2) is 20.1 Å². The minimum absolute atomic E-state index is 0.786. The molecular formula is C15H20N2O. The molecule has 1 N–H and O–H groups in total. The van der Waals surface area contributed by atoms with Crippen molar-refractivity contribution in [1.82, 2.24) is 5.32 Å². The van der Waals surface area contributed by atoms with Gasteiger partial charge in [0.2, 0.25) is 0 Å². The van der Waals surface area contributed by atoms with E-state index < -0.39 is 0 Å². The fraction of sp³-hybridized carbons (Fsp3) is 0.333. The van der Waals surface area contributed by atoms with Crippen molar-refractivity contribution in [3.8, 4) is 0 Å². The number of aryl methyl sites for hydroxylation is 1. The van der Waals surface area contributed by atoms with Crippen LogP contribution < -0.4 is 10.2 Å². The molecule has 0 atom stereocenters. The highest BCUT2D eigenvalue weighted by Crippen LogP contribution is 2.13. The molecule has 0 amide bonds. The van der Waals surface area contributed by atoms with E-state index in [1.54, 1.807) is 6.26 Å². The van der Waals surface area contributed by atoms with Gasteiger partial charge >= 0.3 is 0 Å². The molecular weight excluding hydrogens is 224 g/mol.